The van der Waals surface area contributed by atoms with Crippen molar-refractivity contribution in [2.24, 2.45) is 5.16 Å². The predicted molar refractivity (Wildman–Crippen MR) is 94.4 cm³/mol. The van der Waals surface area contributed by atoms with E-state index in [4.69, 9.17) is 4.84 Å². The van der Waals surface area contributed by atoms with Gasteiger partial charge in [-0.3, -0.25) is 9.59 Å². The van der Waals surface area contributed by atoms with Gasteiger partial charge in [-0.25, -0.2) is 9.29 Å². The first kappa shape index (κ1) is 16.4. The molecule has 0 N–H and O–H groups in total. The van der Waals surface area contributed by atoms with E-state index in [1.165, 1.54) is 17.0 Å². The number of aryl methyl sites for hydroxylation is 2. The number of imide groups is 1. The number of nitrogens with zero attached hydrogens (tertiary/aromatic N) is 2. The molecule has 1 fully saturated rings. The fraction of sp³-hybridized carbons (Fsp3) is 0.250. The highest BCUT2D eigenvalue weighted by Crippen LogP contribution is 2.40. The number of benzene rings is 2. The number of carbonyl (C=O) groups excluding carboxylic acids is 2. The summed E-state index contributed by atoms with van der Waals surface area (Å²) in [5, 5.41) is 4.02. The first-order chi connectivity index (χ1) is 12.4. The predicted octanol–water partition coefficient (Wildman–Crippen LogP) is 3.27. The molecule has 2 aromatic carbocycles. The average molecular weight is 352 g/mol. The SMILES string of the molecule is Cc1cccc(C)c1N1C(=O)C[C@@]2(CC(c3ccc(F)cc3)=NO2)C1=O. The van der Waals surface area contributed by atoms with Gasteiger partial charge in [0.25, 0.3) is 5.91 Å². The first-order valence-electron chi connectivity index (χ1n) is 8.36. The molecule has 0 unspecified atom stereocenters. The molecule has 132 valence electrons. The number of oxime groups is 1. The van der Waals surface area contributed by atoms with Crippen LogP contribution in [0.1, 0.15) is 29.5 Å². The lowest BCUT2D eigenvalue weighted by atomic mass is 9.92. The molecule has 1 spiro atoms. The fourth-order valence-corrected chi connectivity index (χ4v) is 3.58. The first-order valence-corrected chi connectivity index (χ1v) is 8.36. The molecule has 0 radical (unpaired) electrons. The summed E-state index contributed by atoms with van der Waals surface area (Å²) in [6, 6.07) is 11.4. The third kappa shape index (κ3) is 2.41. The Morgan fingerprint density at radius 2 is 1.69 bits per heavy atom. The maximum absolute atomic E-state index is 13.1. The number of para-hydroxylation sites is 1. The Hall–Kier alpha value is -3.02. The van der Waals surface area contributed by atoms with Crippen LogP contribution >= 0.6 is 0 Å². The minimum absolute atomic E-state index is 0.0617. The molecule has 0 bridgehead atoms. The van der Waals surface area contributed by atoms with E-state index in [1.54, 1.807) is 12.1 Å². The molecule has 2 aromatic rings. The number of anilines is 1. The summed E-state index contributed by atoms with van der Waals surface area (Å²) in [4.78, 5) is 32.5. The van der Waals surface area contributed by atoms with Gasteiger partial charge in [0.05, 0.1) is 17.8 Å². The van der Waals surface area contributed by atoms with Gasteiger partial charge < -0.3 is 4.84 Å². The number of hydrogen-bond acceptors (Lipinski definition) is 4. The topological polar surface area (TPSA) is 59.0 Å². The zero-order chi connectivity index (χ0) is 18.5. The second-order valence-corrected chi connectivity index (χ2v) is 6.76. The van der Waals surface area contributed by atoms with E-state index in [-0.39, 0.29) is 24.6 Å². The summed E-state index contributed by atoms with van der Waals surface area (Å²) in [6.45, 7) is 3.73. The van der Waals surface area contributed by atoms with Crippen molar-refractivity contribution in [1.29, 1.82) is 0 Å². The third-order valence-corrected chi connectivity index (χ3v) is 4.90. The molecular weight excluding hydrogens is 335 g/mol. The van der Waals surface area contributed by atoms with Crippen molar-refractivity contribution in [3.8, 4) is 0 Å². The highest BCUT2D eigenvalue weighted by molar-refractivity contribution is 6.26. The van der Waals surface area contributed by atoms with Gasteiger partial charge in [0, 0.05) is 6.42 Å². The van der Waals surface area contributed by atoms with Gasteiger partial charge in [-0.05, 0) is 42.7 Å². The minimum Gasteiger partial charge on any atom is -0.378 e. The molecule has 4 rings (SSSR count). The third-order valence-electron chi connectivity index (χ3n) is 4.90. The molecular formula is C20H17FN2O3. The van der Waals surface area contributed by atoms with Crippen molar-refractivity contribution in [1.82, 2.24) is 0 Å². The lowest BCUT2D eigenvalue weighted by molar-refractivity contribution is -0.136. The van der Waals surface area contributed by atoms with Crippen molar-refractivity contribution in [2.45, 2.75) is 32.3 Å². The van der Waals surface area contributed by atoms with Crippen LogP contribution in [-0.4, -0.2) is 23.1 Å². The Kier molecular flexibility index (Phi) is 3.64. The monoisotopic (exact) mass is 352 g/mol. The quantitative estimate of drug-likeness (QED) is 0.780. The van der Waals surface area contributed by atoms with Crippen LogP contribution in [0, 0.1) is 19.7 Å². The van der Waals surface area contributed by atoms with E-state index in [1.807, 2.05) is 32.0 Å². The molecule has 2 amide bonds. The van der Waals surface area contributed by atoms with Gasteiger partial charge in [0.1, 0.15) is 5.82 Å². The highest BCUT2D eigenvalue weighted by atomic mass is 19.1. The van der Waals surface area contributed by atoms with Gasteiger partial charge in [-0.15, -0.1) is 0 Å². The van der Waals surface area contributed by atoms with Crippen molar-refractivity contribution >= 4 is 23.2 Å². The van der Waals surface area contributed by atoms with Gasteiger partial charge in [-0.2, -0.15) is 0 Å². The zero-order valence-electron chi connectivity index (χ0n) is 14.5. The number of carbonyl (C=O) groups is 2. The second-order valence-electron chi connectivity index (χ2n) is 6.76. The Balaban J connectivity index is 1.65. The van der Waals surface area contributed by atoms with Crippen LogP contribution < -0.4 is 4.90 Å². The molecule has 2 aliphatic rings. The zero-order valence-corrected chi connectivity index (χ0v) is 14.5. The number of halogens is 1. The maximum Gasteiger partial charge on any atom is 0.281 e. The lowest BCUT2D eigenvalue weighted by Gasteiger charge is -2.22. The molecule has 26 heavy (non-hydrogen) atoms. The molecule has 6 heteroatoms. The van der Waals surface area contributed by atoms with Crippen molar-refractivity contribution in [2.75, 3.05) is 4.90 Å². The molecule has 1 atom stereocenters. The molecule has 0 saturated carbocycles. The number of amides is 2. The Morgan fingerprint density at radius 3 is 2.35 bits per heavy atom. The Bertz CT molecular complexity index is 932. The molecule has 1 saturated heterocycles. The summed E-state index contributed by atoms with van der Waals surface area (Å²) in [6.07, 6.45) is 0.123. The smallest absolute Gasteiger partial charge is 0.281 e. The lowest BCUT2D eigenvalue weighted by Crippen LogP contribution is -2.41. The summed E-state index contributed by atoms with van der Waals surface area (Å²) in [7, 11) is 0. The average Bonchev–Trinajstić information content (AvgIpc) is 3.12. The maximum atomic E-state index is 13.1. The van der Waals surface area contributed by atoms with Gasteiger partial charge in [-0.1, -0.05) is 35.5 Å². The van der Waals surface area contributed by atoms with Crippen LogP contribution in [0.5, 0.6) is 0 Å². The van der Waals surface area contributed by atoms with E-state index >= 15 is 0 Å². The van der Waals surface area contributed by atoms with E-state index in [9.17, 15) is 14.0 Å². The molecule has 0 aromatic heterocycles. The fourth-order valence-electron chi connectivity index (χ4n) is 3.58. The number of rotatable bonds is 2. The minimum atomic E-state index is -1.31. The Labute approximate surface area is 150 Å². The van der Waals surface area contributed by atoms with Crippen molar-refractivity contribution in [3.63, 3.8) is 0 Å². The van der Waals surface area contributed by atoms with Crippen LogP contribution in [0.25, 0.3) is 0 Å². The Morgan fingerprint density at radius 1 is 1.04 bits per heavy atom. The van der Waals surface area contributed by atoms with Gasteiger partial charge >= 0.3 is 0 Å². The second kappa shape index (κ2) is 5.76. The summed E-state index contributed by atoms with van der Waals surface area (Å²) in [5.74, 6) is -1.06. The van der Waals surface area contributed by atoms with Crippen LogP contribution in [0.15, 0.2) is 47.6 Å². The van der Waals surface area contributed by atoms with Crippen LogP contribution in [0.4, 0.5) is 10.1 Å². The molecule has 0 aliphatic carbocycles. The largest absolute Gasteiger partial charge is 0.378 e. The van der Waals surface area contributed by atoms with E-state index in [0.29, 0.717) is 17.0 Å². The van der Waals surface area contributed by atoms with Crippen molar-refractivity contribution in [3.05, 3.63) is 65.0 Å². The van der Waals surface area contributed by atoms with Crippen LogP contribution in [-0.2, 0) is 14.4 Å². The summed E-state index contributed by atoms with van der Waals surface area (Å²) in [5.41, 5.74) is 2.21. The standard InChI is InChI=1S/C20H17FN2O3/c1-12-4-3-5-13(2)18(12)23-17(24)11-20(19(23)25)10-16(22-26-20)14-6-8-15(21)9-7-14/h3-9H,10-11H2,1-2H3/t20-/m0/s1. The van der Waals surface area contributed by atoms with E-state index in [2.05, 4.69) is 5.16 Å². The van der Waals surface area contributed by atoms with Crippen LogP contribution in [0.2, 0.25) is 0 Å². The number of hydrogen-bond donors (Lipinski definition) is 0. The van der Waals surface area contributed by atoms with E-state index in [0.717, 1.165) is 11.1 Å². The summed E-state index contributed by atoms with van der Waals surface area (Å²) >= 11 is 0. The van der Waals surface area contributed by atoms with Crippen LogP contribution in [0.3, 0.4) is 0 Å². The normalized spacial score (nSPS) is 22.1. The van der Waals surface area contributed by atoms with E-state index < -0.39 is 11.5 Å². The highest BCUT2D eigenvalue weighted by Gasteiger charge is 2.58. The summed E-state index contributed by atoms with van der Waals surface area (Å²) < 4.78 is 13.1. The molecule has 2 heterocycles. The van der Waals surface area contributed by atoms with Gasteiger partial charge in [0.15, 0.2) is 0 Å². The van der Waals surface area contributed by atoms with Crippen molar-refractivity contribution < 1.29 is 18.8 Å². The van der Waals surface area contributed by atoms with Gasteiger partial charge in [0.2, 0.25) is 11.5 Å². The molecule has 5 nitrogen and oxygen atoms in total. The molecule has 2 aliphatic heterocycles.